The number of likely N-dealkylation sites (tertiary alicyclic amines) is 1. The van der Waals surface area contributed by atoms with E-state index in [0.29, 0.717) is 120 Å². The Kier molecular flexibility index (Phi) is 15.0. The van der Waals surface area contributed by atoms with Gasteiger partial charge in [0.25, 0.3) is 15.9 Å². The molecule has 76 heavy (non-hydrogen) atoms. The van der Waals surface area contributed by atoms with E-state index >= 15 is 4.39 Å². The number of ether oxygens (including phenoxy) is 5. The number of hydrogen-bond acceptors (Lipinski definition) is 16. The van der Waals surface area contributed by atoms with E-state index < -0.39 is 44.0 Å². The zero-order valence-corrected chi connectivity index (χ0v) is 44.4. The number of allylic oxidation sites excluding steroid dienone is 1. The average molecular weight is 1080 g/mol. The van der Waals surface area contributed by atoms with Crippen molar-refractivity contribution < 1.29 is 46.5 Å². The third-order valence-electron chi connectivity index (χ3n) is 15.8. The predicted octanol–water partition coefficient (Wildman–Crippen LogP) is 8.10. The number of aromatic amines is 1. The number of fused-ring (bicyclic) bond motifs is 4. The van der Waals surface area contributed by atoms with Gasteiger partial charge in [0, 0.05) is 81.3 Å². The highest BCUT2D eigenvalue weighted by molar-refractivity contribution is 7.90. The lowest BCUT2D eigenvalue weighted by atomic mass is 9.71. The molecule has 4 saturated heterocycles. The highest BCUT2D eigenvalue weighted by Crippen LogP contribution is 2.46. The van der Waals surface area contributed by atoms with Crippen LogP contribution in [0.5, 0.6) is 11.6 Å². The molecule has 0 radical (unpaired) electrons. The van der Waals surface area contributed by atoms with Crippen molar-refractivity contribution in [3.8, 4) is 11.6 Å². The van der Waals surface area contributed by atoms with E-state index in [9.17, 15) is 23.6 Å². The summed E-state index contributed by atoms with van der Waals surface area (Å²) in [4.78, 5) is 31.0. The maximum atomic E-state index is 15.9. The number of nitrogens with zero attached hydrogens (tertiary/aromatic N) is 6. The maximum absolute atomic E-state index is 15.9. The second-order valence-electron chi connectivity index (χ2n) is 21.7. The summed E-state index contributed by atoms with van der Waals surface area (Å²) in [6, 6.07) is 20.8. The smallest absolute Gasteiger partial charge is 0.267 e. The SMILES string of the molecule is CC1(C)CC(c2ccc(Cl)cc2)=C2CN3CCN(c4ccc(C(=O)NS(=O)(=O)c5ccc(OCC6(F)CCN(C7COC7)CC6)c(N([O-])O)c5)c(N5CCCOc6nc7[nH]ccc7cc65)c4)CC3COCCCO[C@@H]2C1. The number of halogens is 2. The fourth-order valence-corrected chi connectivity index (χ4v) is 12.6. The molecule has 1 aliphatic carbocycles. The molecule has 0 spiro atoms. The van der Waals surface area contributed by atoms with Crippen molar-refractivity contribution in [1.29, 1.82) is 0 Å². The van der Waals surface area contributed by atoms with Crippen molar-refractivity contribution in [2.45, 2.75) is 81.1 Å². The number of pyridine rings is 1. The van der Waals surface area contributed by atoms with Crippen LogP contribution in [0, 0.1) is 10.6 Å². The summed E-state index contributed by atoms with van der Waals surface area (Å²) in [5.74, 6) is -0.801. The van der Waals surface area contributed by atoms with Crippen molar-refractivity contribution in [1.82, 2.24) is 24.5 Å². The van der Waals surface area contributed by atoms with E-state index in [1.165, 1.54) is 17.2 Å². The lowest BCUT2D eigenvalue weighted by Crippen LogP contribution is -2.56. The minimum atomic E-state index is -4.70. The molecule has 7 heterocycles. The molecular formula is C55H65ClFN8O10S-. The predicted molar refractivity (Wildman–Crippen MR) is 287 cm³/mol. The van der Waals surface area contributed by atoms with Crippen LogP contribution in [-0.4, -0.2) is 155 Å². The number of amides is 1. The number of carbonyl (C=O) groups is 1. The summed E-state index contributed by atoms with van der Waals surface area (Å²) in [5, 5.41) is 23.6. The molecule has 11 rings (SSSR count). The van der Waals surface area contributed by atoms with Gasteiger partial charge in [-0.1, -0.05) is 37.6 Å². The Hall–Kier alpha value is -5.55. The fraction of sp³-hybridized carbons (Fsp3) is 0.491. The summed E-state index contributed by atoms with van der Waals surface area (Å²) < 4.78 is 76.8. The number of nitrogens with one attached hydrogen (secondary N) is 2. The lowest BCUT2D eigenvalue weighted by Gasteiger charge is -2.45. The average Bonchev–Trinajstić information content (AvgIpc) is 3.73. The molecule has 2 atom stereocenters. The van der Waals surface area contributed by atoms with Gasteiger partial charge in [0.1, 0.15) is 29.4 Å². The minimum Gasteiger partial charge on any atom is -0.733 e. The number of carbonyl (C=O) groups excluding carboxylic acids is 1. The van der Waals surface area contributed by atoms with Crippen molar-refractivity contribution in [2.75, 3.05) is 107 Å². The summed E-state index contributed by atoms with van der Waals surface area (Å²) in [5.41, 5.74) is 4.03. The molecule has 21 heteroatoms. The molecular weight excluding hydrogens is 1020 g/mol. The summed E-state index contributed by atoms with van der Waals surface area (Å²) in [6.45, 7) is 11.5. The topological polar surface area (TPSA) is 198 Å². The number of hydrogen-bond donors (Lipinski definition) is 3. The van der Waals surface area contributed by atoms with Gasteiger partial charge < -0.3 is 48.9 Å². The van der Waals surface area contributed by atoms with Crippen molar-refractivity contribution >= 4 is 66.9 Å². The number of rotatable bonds is 11. The van der Waals surface area contributed by atoms with Gasteiger partial charge >= 0.3 is 0 Å². The van der Waals surface area contributed by atoms with Crippen LogP contribution in [0.2, 0.25) is 5.02 Å². The van der Waals surface area contributed by atoms with Crippen LogP contribution in [0.25, 0.3) is 16.6 Å². The first-order valence-electron chi connectivity index (χ1n) is 26.3. The molecule has 3 aromatic carbocycles. The Balaban J connectivity index is 0.881. The van der Waals surface area contributed by atoms with Crippen LogP contribution in [0.4, 0.5) is 27.1 Å². The first-order chi connectivity index (χ1) is 36.6. The van der Waals surface area contributed by atoms with Gasteiger partial charge in [-0.3, -0.25) is 19.8 Å². The highest BCUT2D eigenvalue weighted by atomic mass is 35.5. The van der Waals surface area contributed by atoms with Crippen LogP contribution in [0.15, 0.2) is 89.5 Å². The van der Waals surface area contributed by atoms with Crippen LogP contribution < -0.4 is 29.2 Å². The van der Waals surface area contributed by atoms with Gasteiger partial charge in [-0.25, -0.2) is 17.5 Å². The zero-order valence-electron chi connectivity index (χ0n) is 42.8. The quantitative estimate of drug-likeness (QED) is 0.107. The van der Waals surface area contributed by atoms with E-state index in [-0.39, 0.29) is 47.8 Å². The van der Waals surface area contributed by atoms with Gasteiger partial charge in [0.05, 0.1) is 66.4 Å². The van der Waals surface area contributed by atoms with Gasteiger partial charge in [0.15, 0.2) is 0 Å². The Bertz CT molecular complexity index is 3080. The molecule has 2 aromatic heterocycles. The number of piperidine rings is 1. The molecule has 0 bridgehead atoms. The maximum Gasteiger partial charge on any atom is 0.267 e. The number of benzene rings is 3. The first-order valence-corrected chi connectivity index (χ1v) is 28.1. The third kappa shape index (κ3) is 11.2. The van der Waals surface area contributed by atoms with E-state index in [2.05, 4.69) is 50.4 Å². The van der Waals surface area contributed by atoms with Crippen molar-refractivity contribution in [3.05, 3.63) is 106 Å². The minimum absolute atomic E-state index is 0.00848. The summed E-state index contributed by atoms with van der Waals surface area (Å²) >= 11 is 6.38. The molecule has 5 aliphatic heterocycles. The summed E-state index contributed by atoms with van der Waals surface area (Å²) in [7, 11) is -4.70. The molecule has 1 unspecified atom stereocenters. The first kappa shape index (κ1) is 52.5. The molecule has 1 amide bonds. The van der Waals surface area contributed by atoms with Crippen molar-refractivity contribution in [3.63, 3.8) is 0 Å². The Morgan fingerprint density at radius 3 is 2.51 bits per heavy atom. The van der Waals surface area contributed by atoms with Crippen LogP contribution in [0.1, 0.15) is 68.3 Å². The normalized spacial score (nSPS) is 22.8. The van der Waals surface area contributed by atoms with E-state index in [4.69, 9.17) is 40.3 Å². The summed E-state index contributed by atoms with van der Waals surface area (Å²) in [6.07, 6.45) is 5.26. The Labute approximate surface area is 447 Å². The van der Waals surface area contributed by atoms with Crippen LogP contribution >= 0.6 is 11.6 Å². The Morgan fingerprint density at radius 1 is 0.934 bits per heavy atom. The van der Waals surface area contributed by atoms with Gasteiger partial charge in [-0.2, -0.15) is 4.98 Å². The van der Waals surface area contributed by atoms with E-state index in [0.717, 1.165) is 48.0 Å². The molecule has 406 valence electrons. The monoisotopic (exact) mass is 1080 g/mol. The second kappa shape index (κ2) is 21.7. The lowest BCUT2D eigenvalue weighted by molar-refractivity contribution is -0.0890. The Morgan fingerprint density at radius 2 is 1.74 bits per heavy atom. The highest BCUT2D eigenvalue weighted by Gasteiger charge is 2.41. The third-order valence-corrected chi connectivity index (χ3v) is 17.4. The molecule has 4 fully saturated rings. The van der Waals surface area contributed by atoms with Crippen LogP contribution in [-0.2, 0) is 24.2 Å². The largest absolute Gasteiger partial charge is 0.733 e. The number of anilines is 4. The molecule has 5 aromatic rings. The second-order valence-corrected chi connectivity index (χ2v) is 23.8. The van der Waals surface area contributed by atoms with E-state index in [1.54, 1.807) is 12.3 Å². The standard InChI is InChI=1S/C55H65ClFN8O10S/c1-54(2)28-44(36-5-7-38(56)8-6-36)45-31-63-21-20-62(30-40(63)32-71-22-4-24-73-50(45)29-54)39-9-11-43(46(26-39)64-17-3-23-74-53-48(64)25-37-13-16-58-51(37)59-53)52(66)60-76(69,70)42-10-12-49(47(27-42)65(67)68)75-35-55(57)14-18-61(19-15-55)41-33-72-34-41/h5-13,16,25-27,40-41,50,67H,3-4,14-15,17-24,28-35H2,1-2H3,(H,58,59)(H,60,66)/q-1/t40?,50-/m1/s1. The number of H-pyrrole nitrogens is 1. The van der Waals surface area contributed by atoms with Gasteiger partial charge in [-0.15, -0.1) is 0 Å². The van der Waals surface area contributed by atoms with Crippen LogP contribution in [0.3, 0.4) is 0 Å². The molecule has 6 aliphatic rings. The fourth-order valence-electron chi connectivity index (χ4n) is 11.5. The van der Waals surface area contributed by atoms with Crippen molar-refractivity contribution in [2.24, 2.45) is 5.41 Å². The van der Waals surface area contributed by atoms with Gasteiger partial charge in [0.2, 0.25) is 5.88 Å². The number of aromatic nitrogens is 2. The number of sulfonamides is 1. The number of piperazine rings is 1. The molecule has 0 saturated carbocycles. The zero-order chi connectivity index (χ0) is 52.8. The molecule has 3 N–H and O–H groups in total. The molecule has 18 nitrogen and oxygen atoms in total. The van der Waals surface area contributed by atoms with E-state index in [1.807, 2.05) is 41.3 Å². The van der Waals surface area contributed by atoms with Gasteiger partial charge in [-0.05, 0) is 121 Å². The number of alkyl halides is 1.